The zero-order chi connectivity index (χ0) is 16.2. The molecule has 0 fully saturated rings. The number of carbonyl (C=O) groups excluding carboxylic acids is 1. The van der Waals surface area contributed by atoms with Gasteiger partial charge >= 0.3 is 12.1 Å². The molecule has 0 radical (unpaired) electrons. The maximum absolute atomic E-state index is 13.1. The van der Waals surface area contributed by atoms with Crippen LogP contribution in [0.25, 0.3) is 0 Å². The molecule has 0 aliphatic rings. The van der Waals surface area contributed by atoms with Crippen LogP contribution in [-0.4, -0.2) is 22.8 Å². The number of aliphatic carboxylic acids is 1. The predicted octanol–water partition coefficient (Wildman–Crippen LogP) is 3.17. The first-order valence-corrected chi connectivity index (χ1v) is 6.56. The maximum atomic E-state index is 13.1. The third-order valence-electron chi connectivity index (χ3n) is 2.68. The molecule has 0 aliphatic heterocycles. The van der Waals surface area contributed by atoms with E-state index in [1.54, 1.807) is 27.7 Å². The van der Waals surface area contributed by atoms with Gasteiger partial charge < -0.3 is 15.2 Å². The van der Waals surface area contributed by atoms with Gasteiger partial charge in [0.2, 0.25) is 0 Å². The van der Waals surface area contributed by atoms with E-state index in [2.05, 4.69) is 5.32 Å². The minimum atomic E-state index is -1.07. The maximum Gasteiger partial charge on any atom is 0.408 e. The number of hydrogen-bond donors (Lipinski definition) is 2. The minimum absolute atomic E-state index is 0.314. The first-order chi connectivity index (χ1) is 9.58. The number of ether oxygens (including phenoxy) is 1. The van der Waals surface area contributed by atoms with Gasteiger partial charge in [0.05, 0.1) is 12.5 Å². The Kier molecular flexibility index (Phi) is 5.29. The van der Waals surface area contributed by atoms with Crippen LogP contribution < -0.4 is 5.32 Å². The van der Waals surface area contributed by atoms with Gasteiger partial charge in [-0.1, -0.05) is 6.07 Å². The highest BCUT2D eigenvalue weighted by Gasteiger charge is 2.23. The number of halogens is 1. The molecule has 1 amide bonds. The molecule has 0 spiro atoms. The van der Waals surface area contributed by atoms with Gasteiger partial charge in [-0.15, -0.1) is 0 Å². The second kappa shape index (κ2) is 6.56. The monoisotopic (exact) mass is 297 g/mol. The second-order valence-corrected chi connectivity index (χ2v) is 5.80. The normalized spacial score (nSPS) is 12.6. The summed E-state index contributed by atoms with van der Waals surface area (Å²) in [4.78, 5) is 22.8. The molecule has 5 nitrogen and oxygen atoms in total. The molecule has 0 heterocycles. The largest absolute Gasteiger partial charge is 0.481 e. The van der Waals surface area contributed by atoms with E-state index in [0.717, 1.165) is 0 Å². The average molecular weight is 297 g/mol. The van der Waals surface area contributed by atoms with Crippen molar-refractivity contribution in [3.05, 3.63) is 35.1 Å². The van der Waals surface area contributed by atoms with Crippen LogP contribution in [0.15, 0.2) is 18.2 Å². The van der Waals surface area contributed by atoms with Gasteiger partial charge in [0.25, 0.3) is 0 Å². The van der Waals surface area contributed by atoms with Crippen molar-refractivity contribution < 1.29 is 23.8 Å². The fourth-order valence-corrected chi connectivity index (χ4v) is 1.89. The standard InChI is InChI=1S/C15H20FNO4/c1-9-7-10(16)5-6-11(9)12(8-13(18)19)17-14(20)21-15(2,3)4/h5-7,12H,8H2,1-4H3,(H,17,20)(H,18,19). The summed E-state index contributed by atoms with van der Waals surface area (Å²) < 4.78 is 18.2. The van der Waals surface area contributed by atoms with Crippen molar-refractivity contribution in [1.29, 1.82) is 0 Å². The predicted molar refractivity (Wildman–Crippen MR) is 75.5 cm³/mol. The van der Waals surface area contributed by atoms with Crippen LogP contribution >= 0.6 is 0 Å². The van der Waals surface area contributed by atoms with Gasteiger partial charge in [0.1, 0.15) is 11.4 Å². The van der Waals surface area contributed by atoms with Crippen LogP contribution in [0.2, 0.25) is 0 Å². The molecule has 1 aromatic carbocycles. The number of nitrogens with one attached hydrogen (secondary N) is 1. The van der Waals surface area contributed by atoms with Gasteiger partial charge in [-0.25, -0.2) is 9.18 Å². The van der Waals surface area contributed by atoms with Crippen molar-refractivity contribution in [3.63, 3.8) is 0 Å². The van der Waals surface area contributed by atoms with E-state index < -0.39 is 29.5 Å². The summed E-state index contributed by atoms with van der Waals surface area (Å²) in [6.07, 6.45) is -1.02. The van der Waals surface area contributed by atoms with Crippen molar-refractivity contribution in [3.8, 4) is 0 Å². The summed E-state index contributed by atoms with van der Waals surface area (Å²) in [7, 11) is 0. The number of benzene rings is 1. The number of amides is 1. The summed E-state index contributed by atoms with van der Waals surface area (Å²) >= 11 is 0. The van der Waals surface area contributed by atoms with Crippen LogP contribution in [0.5, 0.6) is 0 Å². The summed E-state index contributed by atoms with van der Waals surface area (Å²) in [5.74, 6) is -1.48. The van der Waals surface area contributed by atoms with Gasteiger partial charge in [-0.3, -0.25) is 4.79 Å². The van der Waals surface area contributed by atoms with Crippen LogP contribution in [0, 0.1) is 12.7 Å². The lowest BCUT2D eigenvalue weighted by Crippen LogP contribution is -2.36. The highest BCUT2D eigenvalue weighted by atomic mass is 19.1. The van der Waals surface area contributed by atoms with Gasteiger partial charge in [0.15, 0.2) is 0 Å². The van der Waals surface area contributed by atoms with E-state index in [-0.39, 0.29) is 6.42 Å². The van der Waals surface area contributed by atoms with Gasteiger partial charge in [-0.05, 0) is 51.0 Å². The smallest absolute Gasteiger partial charge is 0.408 e. The van der Waals surface area contributed by atoms with Crippen LogP contribution in [-0.2, 0) is 9.53 Å². The van der Waals surface area contributed by atoms with E-state index in [1.165, 1.54) is 18.2 Å². The molecule has 0 aliphatic carbocycles. The average Bonchev–Trinajstić information content (AvgIpc) is 2.24. The number of hydrogen-bond acceptors (Lipinski definition) is 3. The lowest BCUT2D eigenvalue weighted by molar-refractivity contribution is -0.137. The Morgan fingerprint density at radius 1 is 1.38 bits per heavy atom. The summed E-state index contributed by atoms with van der Waals surface area (Å²) in [5.41, 5.74) is 0.428. The first kappa shape index (κ1) is 16.9. The van der Waals surface area contributed by atoms with Gasteiger partial charge in [0, 0.05) is 0 Å². The third kappa shape index (κ3) is 5.81. The molecule has 2 N–H and O–H groups in total. The minimum Gasteiger partial charge on any atom is -0.481 e. The zero-order valence-corrected chi connectivity index (χ0v) is 12.6. The Morgan fingerprint density at radius 2 is 2.00 bits per heavy atom. The van der Waals surface area contributed by atoms with Crippen molar-refractivity contribution in [2.45, 2.75) is 45.8 Å². The lowest BCUT2D eigenvalue weighted by atomic mass is 9.99. The summed E-state index contributed by atoms with van der Waals surface area (Å²) in [6.45, 7) is 6.79. The quantitative estimate of drug-likeness (QED) is 0.895. The molecule has 1 rings (SSSR count). The fourth-order valence-electron chi connectivity index (χ4n) is 1.89. The molecular weight excluding hydrogens is 277 g/mol. The molecule has 1 atom stereocenters. The zero-order valence-electron chi connectivity index (χ0n) is 12.6. The molecule has 0 aromatic heterocycles. The molecule has 116 valence electrons. The Morgan fingerprint density at radius 3 is 2.48 bits per heavy atom. The van der Waals surface area contributed by atoms with Gasteiger partial charge in [-0.2, -0.15) is 0 Å². The summed E-state index contributed by atoms with van der Waals surface area (Å²) in [6, 6.07) is 3.21. The Hall–Kier alpha value is -2.11. The third-order valence-corrected chi connectivity index (χ3v) is 2.68. The highest BCUT2D eigenvalue weighted by Crippen LogP contribution is 2.22. The highest BCUT2D eigenvalue weighted by molar-refractivity contribution is 5.72. The van der Waals surface area contributed by atoms with Crippen LogP contribution in [0.4, 0.5) is 9.18 Å². The van der Waals surface area contributed by atoms with E-state index in [4.69, 9.17) is 9.84 Å². The van der Waals surface area contributed by atoms with E-state index >= 15 is 0 Å². The number of carbonyl (C=O) groups is 2. The van der Waals surface area contributed by atoms with Crippen LogP contribution in [0.3, 0.4) is 0 Å². The molecule has 21 heavy (non-hydrogen) atoms. The molecule has 1 unspecified atom stereocenters. The van der Waals surface area contributed by atoms with E-state index in [0.29, 0.717) is 11.1 Å². The number of alkyl carbamates (subject to hydrolysis) is 1. The molecule has 0 saturated heterocycles. The van der Waals surface area contributed by atoms with Crippen LogP contribution in [0.1, 0.15) is 44.4 Å². The molecule has 6 heteroatoms. The first-order valence-electron chi connectivity index (χ1n) is 6.56. The molecule has 0 saturated carbocycles. The molecule has 0 bridgehead atoms. The number of rotatable bonds is 4. The lowest BCUT2D eigenvalue weighted by Gasteiger charge is -2.24. The van der Waals surface area contributed by atoms with E-state index in [1.807, 2.05) is 0 Å². The van der Waals surface area contributed by atoms with Crippen molar-refractivity contribution in [2.75, 3.05) is 0 Å². The number of carboxylic acid groups (broad SMARTS) is 1. The Labute approximate surface area is 123 Å². The van der Waals surface area contributed by atoms with Crippen molar-refractivity contribution in [1.82, 2.24) is 5.32 Å². The fraction of sp³-hybridized carbons (Fsp3) is 0.467. The topological polar surface area (TPSA) is 75.6 Å². The van der Waals surface area contributed by atoms with Crippen molar-refractivity contribution >= 4 is 12.1 Å². The SMILES string of the molecule is Cc1cc(F)ccc1C(CC(=O)O)NC(=O)OC(C)(C)C. The molecule has 1 aromatic rings. The number of aryl methyl sites for hydroxylation is 1. The summed E-state index contributed by atoms with van der Waals surface area (Å²) in [5, 5.41) is 11.5. The van der Waals surface area contributed by atoms with Crippen molar-refractivity contribution in [2.24, 2.45) is 0 Å². The Bertz CT molecular complexity index is 537. The molecular formula is C15H20FNO4. The second-order valence-electron chi connectivity index (χ2n) is 5.80. The number of carboxylic acids is 1. The Balaban J connectivity index is 2.95. The van der Waals surface area contributed by atoms with E-state index in [9.17, 15) is 14.0 Å².